The Morgan fingerprint density at radius 3 is 2.95 bits per heavy atom. The summed E-state index contributed by atoms with van der Waals surface area (Å²) in [4.78, 5) is 14.1. The summed E-state index contributed by atoms with van der Waals surface area (Å²) < 4.78 is 10.7. The van der Waals surface area contributed by atoms with Crippen LogP contribution >= 0.6 is 0 Å². The van der Waals surface area contributed by atoms with Crippen molar-refractivity contribution in [1.29, 1.82) is 0 Å². The third kappa shape index (κ3) is 3.68. The van der Waals surface area contributed by atoms with Crippen LogP contribution in [-0.2, 0) is 20.8 Å². The second kappa shape index (κ2) is 6.54. The van der Waals surface area contributed by atoms with Crippen molar-refractivity contribution in [2.24, 2.45) is 0 Å². The number of ether oxygens (including phenoxy) is 2. The highest BCUT2D eigenvalue weighted by molar-refractivity contribution is 5.81. The number of carbonyl (C=O) groups is 1. The second-order valence-electron chi connectivity index (χ2n) is 4.53. The minimum Gasteiger partial charge on any atom is -0.399 e. The molecular formula is C14H20N2O3. The zero-order valence-corrected chi connectivity index (χ0v) is 11.2. The van der Waals surface area contributed by atoms with Gasteiger partial charge in [-0.15, -0.1) is 0 Å². The first-order valence-electron chi connectivity index (χ1n) is 6.53. The predicted molar refractivity (Wildman–Crippen MR) is 72.5 cm³/mol. The molecule has 0 bridgehead atoms. The van der Waals surface area contributed by atoms with Gasteiger partial charge in [0.2, 0.25) is 0 Å². The van der Waals surface area contributed by atoms with Gasteiger partial charge in [-0.1, -0.05) is 12.1 Å². The van der Waals surface area contributed by atoms with E-state index >= 15 is 0 Å². The molecule has 0 aromatic heterocycles. The standard InChI is InChI=1S/C14H20N2O3/c1-2-16(9-11-4-3-5-12(15)8-11)14(17)13-10-18-6-7-19-13/h3-5,8,13H,2,6-7,9-10,15H2,1H3. The van der Waals surface area contributed by atoms with Gasteiger partial charge in [0.05, 0.1) is 19.8 Å². The van der Waals surface area contributed by atoms with E-state index in [9.17, 15) is 4.79 Å². The highest BCUT2D eigenvalue weighted by Gasteiger charge is 2.26. The van der Waals surface area contributed by atoms with Crippen LogP contribution in [0.3, 0.4) is 0 Å². The number of nitrogens with two attached hydrogens (primary N) is 1. The molecule has 0 radical (unpaired) electrons. The smallest absolute Gasteiger partial charge is 0.254 e. The maximum absolute atomic E-state index is 12.3. The van der Waals surface area contributed by atoms with Crippen molar-refractivity contribution in [3.63, 3.8) is 0 Å². The number of hydrogen-bond acceptors (Lipinski definition) is 4. The largest absolute Gasteiger partial charge is 0.399 e. The lowest BCUT2D eigenvalue weighted by molar-refractivity contribution is -0.158. The highest BCUT2D eigenvalue weighted by Crippen LogP contribution is 2.12. The molecule has 1 amide bonds. The van der Waals surface area contributed by atoms with E-state index in [4.69, 9.17) is 15.2 Å². The van der Waals surface area contributed by atoms with Gasteiger partial charge in [0, 0.05) is 18.8 Å². The van der Waals surface area contributed by atoms with Crippen molar-refractivity contribution in [2.75, 3.05) is 32.1 Å². The maximum atomic E-state index is 12.3. The molecule has 19 heavy (non-hydrogen) atoms. The van der Waals surface area contributed by atoms with Crippen LogP contribution in [0.4, 0.5) is 5.69 Å². The van der Waals surface area contributed by atoms with Crippen LogP contribution in [0.25, 0.3) is 0 Å². The fraction of sp³-hybridized carbons (Fsp3) is 0.500. The van der Waals surface area contributed by atoms with Gasteiger partial charge in [-0.05, 0) is 24.6 Å². The molecule has 1 aromatic carbocycles. The Bertz CT molecular complexity index is 430. The number of carbonyl (C=O) groups excluding carboxylic acids is 1. The second-order valence-corrected chi connectivity index (χ2v) is 4.53. The van der Waals surface area contributed by atoms with Gasteiger partial charge in [-0.25, -0.2) is 0 Å². The van der Waals surface area contributed by atoms with E-state index in [1.165, 1.54) is 0 Å². The quantitative estimate of drug-likeness (QED) is 0.825. The number of anilines is 1. The molecule has 5 heteroatoms. The number of likely N-dealkylation sites (N-methyl/N-ethyl adjacent to an activating group) is 1. The lowest BCUT2D eigenvalue weighted by atomic mass is 10.1. The zero-order chi connectivity index (χ0) is 13.7. The fourth-order valence-electron chi connectivity index (χ4n) is 2.09. The SMILES string of the molecule is CCN(Cc1cccc(N)c1)C(=O)C1COCCO1. The molecule has 2 N–H and O–H groups in total. The highest BCUT2D eigenvalue weighted by atomic mass is 16.6. The van der Waals surface area contributed by atoms with E-state index in [2.05, 4.69) is 0 Å². The van der Waals surface area contributed by atoms with Crippen molar-refractivity contribution in [3.05, 3.63) is 29.8 Å². The normalized spacial score (nSPS) is 19.1. The van der Waals surface area contributed by atoms with E-state index in [1.807, 2.05) is 31.2 Å². The lowest BCUT2D eigenvalue weighted by Crippen LogP contribution is -2.44. The summed E-state index contributed by atoms with van der Waals surface area (Å²) in [5, 5.41) is 0. The van der Waals surface area contributed by atoms with Crippen LogP contribution < -0.4 is 5.73 Å². The minimum absolute atomic E-state index is 0.0235. The molecule has 1 aromatic rings. The Labute approximate surface area is 113 Å². The molecule has 5 nitrogen and oxygen atoms in total. The Morgan fingerprint density at radius 1 is 1.47 bits per heavy atom. The van der Waals surface area contributed by atoms with Gasteiger partial charge in [-0.2, -0.15) is 0 Å². The molecule has 1 heterocycles. The van der Waals surface area contributed by atoms with Crippen molar-refractivity contribution in [1.82, 2.24) is 4.90 Å². The van der Waals surface area contributed by atoms with Crippen LogP contribution in [0.5, 0.6) is 0 Å². The Morgan fingerprint density at radius 2 is 2.32 bits per heavy atom. The molecule has 1 unspecified atom stereocenters. The molecule has 0 aliphatic carbocycles. The summed E-state index contributed by atoms with van der Waals surface area (Å²) in [6, 6.07) is 7.57. The average molecular weight is 264 g/mol. The third-order valence-corrected chi connectivity index (χ3v) is 3.11. The van der Waals surface area contributed by atoms with Crippen LogP contribution in [0.2, 0.25) is 0 Å². The summed E-state index contributed by atoms with van der Waals surface area (Å²) in [7, 11) is 0. The van der Waals surface area contributed by atoms with E-state index in [1.54, 1.807) is 4.90 Å². The molecule has 104 valence electrons. The molecule has 0 spiro atoms. The van der Waals surface area contributed by atoms with Gasteiger partial charge in [0.1, 0.15) is 0 Å². The summed E-state index contributed by atoms with van der Waals surface area (Å²) in [5.41, 5.74) is 7.47. The Balaban J connectivity index is 2.00. The van der Waals surface area contributed by atoms with Gasteiger partial charge in [0.25, 0.3) is 5.91 Å². The number of amides is 1. The topological polar surface area (TPSA) is 64.8 Å². The van der Waals surface area contributed by atoms with Crippen LogP contribution in [0, 0.1) is 0 Å². The van der Waals surface area contributed by atoms with Crippen molar-refractivity contribution >= 4 is 11.6 Å². The molecule has 1 aliphatic heterocycles. The molecule has 1 fully saturated rings. The van der Waals surface area contributed by atoms with E-state index in [0.717, 1.165) is 5.56 Å². The van der Waals surface area contributed by atoms with Crippen LogP contribution in [0.1, 0.15) is 12.5 Å². The number of rotatable bonds is 4. The predicted octanol–water partition coefficient (Wildman–Crippen LogP) is 1.03. The number of hydrogen-bond donors (Lipinski definition) is 1. The zero-order valence-electron chi connectivity index (χ0n) is 11.2. The van der Waals surface area contributed by atoms with Gasteiger partial charge in [0.15, 0.2) is 6.10 Å². The molecule has 1 aliphatic rings. The van der Waals surface area contributed by atoms with E-state index < -0.39 is 6.10 Å². The molecule has 1 atom stereocenters. The van der Waals surface area contributed by atoms with Gasteiger partial charge in [-0.3, -0.25) is 4.79 Å². The lowest BCUT2D eigenvalue weighted by Gasteiger charge is -2.28. The van der Waals surface area contributed by atoms with E-state index in [-0.39, 0.29) is 5.91 Å². The number of nitrogen functional groups attached to an aromatic ring is 1. The molecule has 0 saturated carbocycles. The van der Waals surface area contributed by atoms with Gasteiger partial charge < -0.3 is 20.1 Å². The summed E-state index contributed by atoms with van der Waals surface area (Å²) in [6.45, 7) is 4.51. The summed E-state index contributed by atoms with van der Waals surface area (Å²) in [6.07, 6.45) is -0.477. The van der Waals surface area contributed by atoms with Crippen molar-refractivity contribution in [3.8, 4) is 0 Å². The Kier molecular flexibility index (Phi) is 4.76. The summed E-state index contributed by atoms with van der Waals surface area (Å²) in [5.74, 6) is -0.0235. The molecule has 2 rings (SSSR count). The Hall–Kier alpha value is -1.59. The molecular weight excluding hydrogens is 244 g/mol. The minimum atomic E-state index is -0.477. The monoisotopic (exact) mass is 264 g/mol. The van der Waals surface area contributed by atoms with Crippen molar-refractivity contribution in [2.45, 2.75) is 19.6 Å². The fourth-order valence-corrected chi connectivity index (χ4v) is 2.09. The average Bonchev–Trinajstić information content (AvgIpc) is 2.45. The van der Waals surface area contributed by atoms with Gasteiger partial charge >= 0.3 is 0 Å². The third-order valence-electron chi connectivity index (χ3n) is 3.11. The maximum Gasteiger partial charge on any atom is 0.254 e. The van der Waals surface area contributed by atoms with Crippen LogP contribution in [-0.4, -0.2) is 43.3 Å². The first-order chi connectivity index (χ1) is 9.20. The van der Waals surface area contributed by atoms with Crippen LogP contribution in [0.15, 0.2) is 24.3 Å². The number of nitrogens with zero attached hydrogens (tertiary/aromatic N) is 1. The van der Waals surface area contributed by atoms with Crippen molar-refractivity contribution < 1.29 is 14.3 Å². The summed E-state index contributed by atoms with van der Waals surface area (Å²) >= 11 is 0. The number of benzene rings is 1. The van der Waals surface area contributed by atoms with E-state index in [0.29, 0.717) is 38.6 Å². The molecule has 1 saturated heterocycles. The first kappa shape index (κ1) is 13.8. The first-order valence-corrected chi connectivity index (χ1v) is 6.53.